The highest BCUT2D eigenvalue weighted by atomic mass is 16.3. The summed E-state index contributed by atoms with van der Waals surface area (Å²) in [6.45, 7) is 2.01. The van der Waals surface area contributed by atoms with E-state index in [2.05, 4.69) is 10.3 Å². The summed E-state index contributed by atoms with van der Waals surface area (Å²) in [5, 5.41) is 4.67. The lowest BCUT2D eigenvalue weighted by atomic mass is 10.1. The second-order valence-corrected chi connectivity index (χ2v) is 5.88. The fraction of sp³-hybridized carbons (Fsp3) is 0.100. The Hall–Kier alpha value is -3.34. The molecule has 0 spiro atoms. The second kappa shape index (κ2) is 5.94. The molecule has 0 radical (unpaired) electrons. The molecule has 0 bridgehead atoms. The molecule has 0 saturated heterocycles. The molecule has 2 aromatic carbocycles. The number of carbonyl (C=O) groups excluding carboxylic acids is 1. The number of aromatic nitrogens is 1. The molecular formula is C20H16N2O3. The molecule has 5 nitrogen and oxygen atoms in total. The van der Waals surface area contributed by atoms with Gasteiger partial charge in [-0.05, 0) is 36.2 Å². The number of aromatic amines is 1. The molecule has 4 aromatic rings. The number of amides is 1. The monoisotopic (exact) mass is 332 g/mol. The van der Waals surface area contributed by atoms with Crippen molar-refractivity contribution in [2.75, 3.05) is 5.32 Å². The van der Waals surface area contributed by atoms with Gasteiger partial charge in [0.15, 0.2) is 5.76 Å². The van der Waals surface area contributed by atoms with E-state index >= 15 is 0 Å². The molecule has 0 aliphatic rings. The van der Waals surface area contributed by atoms with Crippen molar-refractivity contribution in [3.63, 3.8) is 0 Å². The molecule has 0 fully saturated rings. The van der Waals surface area contributed by atoms with Gasteiger partial charge in [0.2, 0.25) is 5.56 Å². The minimum atomic E-state index is -0.329. The molecule has 25 heavy (non-hydrogen) atoms. The molecule has 124 valence electrons. The zero-order valence-electron chi connectivity index (χ0n) is 13.6. The molecule has 0 atom stereocenters. The Morgan fingerprint density at radius 1 is 1.12 bits per heavy atom. The number of nitrogens with one attached hydrogen (secondary N) is 2. The molecule has 4 rings (SSSR count). The number of anilines is 1. The maximum Gasteiger partial charge on any atom is 0.291 e. The first kappa shape index (κ1) is 15.2. The van der Waals surface area contributed by atoms with Crippen LogP contribution >= 0.6 is 0 Å². The maximum absolute atomic E-state index is 12.4. The van der Waals surface area contributed by atoms with Gasteiger partial charge in [-0.2, -0.15) is 0 Å². The van der Waals surface area contributed by atoms with E-state index in [1.165, 1.54) is 0 Å². The van der Waals surface area contributed by atoms with E-state index in [9.17, 15) is 9.59 Å². The minimum Gasteiger partial charge on any atom is -0.451 e. The first-order chi connectivity index (χ1) is 12.1. The molecule has 0 aliphatic heterocycles. The SMILES string of the molecule is CCc1cc(=O)[nH]c2cc(NC(=O)c3cc4ccccc4o3)ccc12. The van der Waals surface area contributed by atoms with Gasteiger partial charge in [-0.25, -0.2) is 0 Å². The van der Waals surface area contributed by atoms with Crippen molar-refractivity contribution in [3.05, 3.63) is 76.3 Å². The van der Waals surface area contributed by atoms with E-state index in [4.69, 9.17) is 4.42 Å². The van der Waals surface area contributed by atoms with Gasteiger partial charge in [0, 0.05) is 22.5 Å². The Morgan fingerprint density at radius 2 is 1.96 bits per heavy atom. The van der Waals surface area contributed by atoms with Crippen LogP contribution in [0.4, 0.5) is 5.69 Å². The highest BCUT2D eigenvalue weighted by Gasteiger charge is 2.13. The third-order valence-corrected chi connectivity index (χ3v) is 4.22. The van der Waals surface area contributed by atoms with Crippen LogP contribution in [0.3, 0.4) is 0 Å². The van der Waals surface area contributed by atoms with Crippen LogP contribution in [-0.4, -0.2) is 10.9 Å². The topological polar surface area (TPSA) is 75.1 Å². The maximum atomic E-state index is 12.4. The third-order valence-electron chi connectivity index (χ3n) is 4.22. The van der Waals surface area contributed by atoms with Crippen LogP contribution in [0.1, 0.15) is 23.0 Å². The van der Waals surface area contributed by atoms with Crippen molar-refractivity contribution in [3.8, 4) is 0 Å². The van der Waals surface area contributed by atoms with Crippen LogP contribution in [0.5, 0.6) is 0 Å². The van der Waals surface area contributed by atoms with Crippen LogP contribution in [-0.2, 0) is 6.42 Å². The molecule has 2 heterocycles. The van der Waals surface area contributed by atoms with Gasteiger partial charge in [-0.15, -0.1) is 0 Å². The zero-order chi connectivity index (χ0) is 17.4. The van der Waals surface area contributed by atoms with Crippen molar-refractivity contribution in [1.29, 1.82) is 0 Å². The number of H-pyrrole nitrogens is 1. The smallest absolute Gasteiger partial charge is 0.291 e. The lowest BCUT2D eigenvalue weighted by molar-refractivity contribution is 0.0998. The van der Waals surface area contributed by atoms with Crippen molar-refractivity contribution in [2.45, 2.75) is 13.3 Å². The fourth-order valence-electron chi connectivity index (χ4n) is 2.99. The van der Waals surface area contributed by atoms with E-state index in [0.29, 0.717) is 16.8 Å². The van der Waals surface area contributed by atoms with Crippen LogP contribution in [0.2, 0.25) is 0 Å². The standard InChI is InChI=1S/C20H16N2O3/c1-2-12-10-19(23)22-16-11-14(7-8-15(12)16)21-20(24)18-9-13-5-3-4-6-17(13)25-18/h3-11H,2H2,1H3,(H,21,24)(H,22,23). The van der Waals surface area contributed by atoms with E-state index in [0.717, 1.165) is 22.8 Å². The second-order valence-electron chi connectivity index (χ2n) is 5.88. The number of carbonyl (C=O) groups is 1. The van der Waals surface area contributed by atoms with Gasteiger partial charge < -0.3 is 14.7 Å². The summed E-state index contributed by atoms with van der Waals surface area (Å²) in [6.07, 6.45) is 0.769. The van der Waals surface area contributed by atoms with Crippen molar-refractivity contribution >= 4 is 33.5 Å². The van der Waals surface area contributed by atoms with E-state index < -0.39 is 0 Å². The van der Waals surface area contributed by atoms with Gasteiger partial charge in [-0.3, -0.25) is 9.59 Å². The Morgan fingerprint density at radius 3 is 2.76 bits per heavy atom. The van der Waals surface area contributed by atoms with Crippen LogP contribution in [0, 0.1) is 0 Å². The first-order valence-corrected chi connectivity index (χ1v) is 8.10. The summed E-state index contributed by atoms with van der Waals surface area (Å²) in [4.78, 5) is 27.0. The summed E-state index contributed by atoms with van der Waals surface area (Å²) < 4.78 is 5.58. The number of para-hydroxylation sites is 1. The normalized spacial score (nSPS) is 11.1. The summed E-state index contributed by atoms with van der Waals surface area (Å²) in [6, 6.07) is 16.3. The summed E-state index contributed by atoms with van der Waals surface area (Å²) in [5.74, 6) is -0.0818. The number of rotatable bonds is 3. The summed E-state index contributed by atoms with van der Waals surface area (Å²) in [7, 11) is 0. The quantitative estimate of drug-likeness (QED) is 0.593. The van der Waals surface area contributed by atoms with Crippen molar-refractivity contribution in [2.24, 2.45) is 0 Å². The number of furan rings is 1. The van der Waals surface area contributed by atoms with Gasteiger partial charge in [0.1, 0.15) is 5.58 Å². The van der Waals surface area contributed by atoms with Crippen molar-refractivity contribution < 1.29 is 9.21 Å². The number of aryl methyl sites for hydroxylation is 1. The van der Waals surface area contributed by atoms with Gasteiger partial charge in [-0.1, -0.05) is 31.2 Å². The number of benzene rings is 2. The predicted molar refractivity (Wildman–Crippen MR) is 98.1 cm³/mol. The van der Waals surface area contributed by atoms with Crippen LogP contribution in [0.15, 0.2) is 63.8 Å². The molecule has 0 saturated carbocycles. The lowest BCUT2D eigenvalue weighted by Crippen LogP contribution is -2.11. The minimum absolute atomic E-state index is 0.148. The fourth-order valence-corrected chi connectivity index (χ4v) is 2.99. The average molecular weight is 332 g/mol. The third kappa shape index (κ3) is 2.80. The number of pyridine rings is 1. The predicted octanol–water partition coefficient (Wildman–Crippen LogP) is 4.09. The number of fused-ring (bicyclic) bond motifs is 2. The molecule has 0 aliphatic carbocycles. The van der Waals surface area contributed by atoms with E-state index in [-0.39, 0.29) is 17.2 Å². The molecule has 2 N–H and O–H groups in total. The highest BCUT2D eigenvalue weighted by Crippen LogP contribution is 2.22. The van der Waals surface area contributed by atoms with Crippen molar-refractivity contribution in [1.82, 2.24) is 4.98 Å². The molecule has 1 amide bonds. The number of hydrogen-bond donors (Lipinski definition) is 2. The van der Waals surface area contributed by atoms with Gasteiger partial charge >= 0.3 is 0 Å². The number of hydrogen-bond acceptors (Lipinski definition) is 3. The molecule has 0 unspecified atom stereocenters. The largest absolute Gasteiger partial charge is 0.451 e. The van der Waals surface area contributed by atoms with E-state index in [1.807, 2.05) is 43.3 Å². The Labute approximate surface area is 143 Å². The molecular weight excluding hydrogens is 316 g/mol. The average Bonchev–Trinajstić information content (AvgIpc) is 3.05. The lowest BCUT2D eigenvalue weighted by Gasteiger charge is -2.07. The van der Waals surface area contributed by atoms with E-state index in [1.54, 1.807) is 18.2 Å². The van der Waals surface area contributed by atoms with Crippen LogP contribution in [0.25, 0.3) is 21.9 Å². The zero-order valence-corrected chi connectivity index (χ0v) is 13.6. The first-order valence-electron chi connectivity index (χ1n) is 8.10. The molecule has 2 aromatic heterocycles. The van der Waals surface area contributed by atoms with Gasteiger partial charge in [0.25, 0.3) is 5.91 Å². The van der Waals surface area contributed by atoms with Gasteiger partial charge in [0.05, 0.1) is 5.52 Å². The Bertz CT molecular complexity index is 1120. The molecule has 5 heteroatoms. The Kier molecular flexibility index (Phi) is 3.61. The highest BCUT2D eigenvalue weighted by molar-refractivity contribution is 6.05. The van der Waals surface area contributed by atoms with Crippen LogP contribution < -0.4 is 10.9 Å². The Balaban J connectivity index is 1.67. The summed E-state index contributed by atoms with van der Waals surface area (Å²) >= 11 is 0. The summed E-state index contributed by atoms with van der Waals surface area (Å²) in [5.41, 5.74) is 2.80.